The average Bonchev–Trinajstić information content (AvgIpc) is 2.55. The molecule has 0 saturated carbocycles. The number of carbonyl (C=O) groups excluding carboxylic acids is 1. The van der Waals surface area contributed by atoms with E-state index >= 15 is 0 Å². The quantitative estimate of drug-likeness (QED) is 0.768. The third-order valence-corrected chi connectivity index (χ3v) is 3.04. The Morgan fingerprint density at radius 2 is 2.09 bits per heavy atom. The van der Waals surface area contributed by atoms with E-state index in [1.54, 1.807) is 12.1 Å². The Morgan fingerprint density at radius 1 is 1.32 bits per heavy atom. The molecule has 1 amide bonds. The molecule has 0 atom stereocenters. The van der Waals surface area contributed by atoms with Crippen molar-refractivity contribution in [3.63, 3.8) is 0 Å². The van der Waals surface area contributed by atoms with Gasteiger partial charge in [0.15, 0.2) is 0 Å². The van der Waals surface area contributed by atoms with Gasteiger partial charge in [-0.05, 0) is 18.6 Å². The van der Waals surface area contributed by atoms with Gasteiger partial charge in [0.2, 0.25) is 5.88 Å². The lowest BCUT2D eigenvalue weighted by atomic mass is 10.2. The van der Waals surface area contributed by atoms with Crippen molar-refractivity contribution in [3.05, 3.63) is 59.8 Å². The molecule has 0 bridgehead atoms. The molecule has 5 nitrogen and oxygen atoms in total. The summed E-state index contributed by atoms with van der Waals surface area (Å²) in [6, 6.07) is 14.8. The van der Waals surface area contributed by atoms with Crippen LogP contribution in [0, 0.1) is 11.3 Å². The van der Waals surface area contributed by atoms with Gasteiger partial charge in [-0.15, -0.1) is 0 Å². The molecule has 1 heterocycles. The van der Waals surface area contributed by atoms with Crippen LogP contribution in [0.5, 0.6) is 5.88 Å². The maximum absolute atomic E-state index is 12.6. The van der Waals surface area contributed by atoms with Gasteiger partial charge in [-0.25, -0.2) is 4.98 Å². The molecule has 0 aliphatic heterocycles. The topological polar surface area (TPSA) is 66.2 Å². The van der Waals surface area contributed by atoms with Crippen molar-refractivity contribution in [1.29, 1.82) is 5.26 Å². The second-order valence-electron chi connectivity index (χ2n) is 4.62. The monoisotopic (exact) mass is 295 g/mol. The largest absolute Gasteiger partial charge is 0.478 e. The fraction of sp³-hybridized carbons (Fsp3) is 0.235. The third-order valence-electron chi connectivity index (χ3n) is 3.04. The molecular formula is C17H17N3O2. The summed E-state index contributed by atoms with van der Waals surface area (Å²) in [5.41, 5.74) is 1.44. The third kappa shape index (κ3) is 4.06. The van der Waals surface area contributed by atoms with Crippen LogP contribution in [-0.4, -0.2) is 28.9 Å². The highest BCUT2D eigenvalue weighted by atomic mass is 16.5. The second-order valence-corrected chi connectivity index (χ2v) is 4.62. The van der Waals surface area contributed by atoms with Crippen LogP contribution >= 0.6 is 0 Å². The number of ether oxygens (including phenoxy) is 1. The van der Waals surface area contributed by atoms with E-state index in [1.807, 2.05) is 43.3 Å². The Balaban J connectivity index is 2.19. The Kier molecular flexibility index (Phi) is 5.50. The van der Waals surface area contributed by atoms with Crippen molar-refractivity contribution in [1.82, 2.24) is 9.88 Å². The summed E-state index contributed by atoms with van der Waals surface area (Å²) >= 11 is 0. The Bertz CT molecular complexity index is 665. The van der Waals surface area contributed by atoms with E-state index in [-0.39, 0.29) is 12.5 Å². The molecule has 0 N–H and O–H groups in total. The summed E-state index contributed by atoms with van der Waals surface area (Å²) < 4.78 is 5.31. The van der Waals surface area contributed by atoms with Crippen LogP contribution in [0.1, 0.15) is 22.8 Å². The van der Waals surface area contributed by atoms with Crippen LogP contribution in [0.2, 0.25) is 0 Å². The normalized spacial score (nSPS) is 9.82. The van der Waals surface area contributed by atoms with Crippen molar-refractivity contribution in [2.45, 2.75) is 13.5 Å². The van der Waals surface area contributed by atoms with Gasteiger partial charge in [0.05, 0.1) is 12.7 Å². The molecular weight excluding hydrogens is 278 g/mol. The minimum atomic E-state index is -0.214. The molecule has 0 aliphatic rings. The lowest BCUT2D eigenvalue weighted by Gasteiger charge is -2.20. The molecule has 1 aromatic carbocycles. The van der Waals surface area contributed by atoms with Crippen LogP contribution in [0.15, 0.2) is 48.7 Å². The first-order valence-corrected chi connectivity index (χ1v) is 7.03. The van der Waals surface area contributed by atoms with E-state index in [2.05, 4.69) is 4.98 Å². The molecule has 0 radical (unpaired) electrons. The van der Waals surface area contributed by atoms with E-state index < -0.39 is 0 Å². The molecule has 112 valence electrons. The molecule has 22 heavy (non-hydrogen) atoms. The van der Waals surface area contributed by atoms with E-state index in [4.69, 9.17) is 10.00 Å². The zero-order chi connectivity index (χ0) is 15.8. The van der Waals surface area contributed by atoms with E-state index in [0.717, 1.165) is 5.56 Å². The second kappa shape index (κ2) is 7.79. The maximum Gasteiger partial charge on any atom is 0.255 e. The highest BCUT2D eigenvalue weighted by molar-refractivity contribution is 5.94. The standard InChI is InChI=1S/C17H17N3O2/c1-2-22-16-12-15(8-10-19-16)17(21)20(11-9-18)13-14-6-4-3-5-7-14/h3-8,10,12H,2,11,13H2,1H3. The highest BCUT2D eigenvalue weighted by Crippen LogP contribution is 2.14. The number of pyridine rings is 1. The van der Waals surface area contributed by atoms with Crippen molar-refractivity contribution in [2.24, 2.45) is 0 Å². The van der Waals surface area contributed by atoms with Gasteiger partial charge in [0, 0.05) is 24.4 Å². The summed E-state index contributed by atoms with van der Waals surface area (Å²) in [7, 11) is 0. The summed E-state index contributed by atoms with van der Waals surface area (Å²) in [4.78, 5) is 18.1. The Hall–Kier alpha value is -2.87. The van der Waals surface area contributed by atoms with Crippen LogP contribution in [0.4, 0.5) is 0 Å². The van der Waals surface area contributed by atoms with Gasteiger partial charge in [-0.3, -0.25) is 4.79 Å². The number of hydrogen-bond acceptors (Lipinski definition) is 4. The number of benzene rings is 1. The fourth-order valence-electron chi connectivity index (χ4n) is 2.04. The van der Waals surface area contributed by atoms with Gasteiger partial charge >= 0.3 is 0 Å². The predicted octanol–water partition coefficient (Wildman–Crippen LogP) is 2.65. The molecule has 0 unspecified atom stereocenters. The molecule has 1 aromatic heterocycles. The lowest BCUT2D eigenvalue weighted by Crippen LogP contribution is -2.31. The summed E-state index contributed by atoms with van der Waals surface area (Å²) in [5, 5.41) is 8.97. The smallest absolute Gasteiger partial charge is 0.255 e. The predicted molar refractivity (Wildman–Crippen MR) is 82.2 cm³/mol. The summed E-state index contributed by atoms with van der Waals surface area (Å²) in [6.07, 6.45) is 1.53. The first kappa shape index (κ1) is 15.5. The zero-order valence-corrected chi connectivity index (χ0v) is 12.4. The first-order chi connectivity index (χ1) is 10.7. The van der Waals surface area contributed by atoms with E-state index in [9.17, 15) is 4.79 Å². The minimum Gasteiger partial charge on any atom is -0.478 e. The van der Waals surface area contributed by atoms with Gasteiger partial charge < -0.3 is 9.64 Å². The molecule has 0 aliphatic carbocycles. The number of hydrogen-bond donors (Lipinski definition) is 0. The fourth-order valence-corrected chi connectivity index (χ4v) is 2.04. The molecule has 0 fully saturated rings. The van der Waals surface area contributed by atoms with E-state index in [1.165, 1.54) is 11.1 Å². The Labute approximate surface area is 129 Å². The number of nitrogens with zero attached hydrogens (tertiary/aromatic N) is 3. The lowest BCUT2D eigenvalue weighted by molar-refractivity contribution is 0.0764. The molecule has 0 spiro atoms. The molecule has 0 saturated heterocycles. The van der Waals surface area contributed by atoms with Gasteiger partial charge in [0.1, 0.15) is 6.54 Å². The van der Waals surface area contributed by atoms with Crippen molar-refractivity contribution in [2.75, 3.05) is 13.2 Å². The number of nitriles is 1. The van der Waals surface area contributed by atoms with Gasteiger partial charge in [0.25, 0.3) is 5.91 Å². The molecule has 2 aromatic rings. The number of carbonyl (C=O) groups is 1. The van der Waals surface area contributed by atoms with Crippen molar-refractivity contribution < 1.29 is 9.53 Å². The first-order valence-electron chi connectivity index (χ1n) is 7.03. The number of rotatable bonds is 6. The van der Waals surface area contributed by atoms with Crippen LogP contribution in [0.25, 0.3) is 0 Å². The number of aromatic nitrogens is 1. The minimum absolute atomic E-state index is 0.0278. The average molecular weight is 295 g/mol. The van der Waals surface area contributed by atoms with Crippen molar-refractivity contribution >= 4 is 5.91 Å². The highest BCUT2D eigenvalue weighted by Gasteiger charge is 2.16. The SMILES string of the molecule is CCOc1cc(C(=O)N(CC#N)Cc2ccccc2)ccn1. The Morgan fingerprint density at radius 3 is 2.77 bits per heavy atom. The van der Waals surface area contributed by atoms with Gasteiger partial charge in [-0.2, -0.15) is 5.26 Å². The van der Waals surface area contributed by atoms with Crippen molar-refractivity contribution in [3.8, 4) is 11.9 Å². The van der Waals surface area contributed by atoms with Crippen LogP contribution in [-0.2, 0) is 6.54 Å². The van der Waals surface area contributed by atoms with Gasteiger partial charge in [-0.1, -0.05) is 30.3 Å². The molecule has 5 heteroatoms. The van der Waals surface area contributed by atoms with Crippen LogP contribution in [0.3, 0.4) is 0 Å². The maximum atomic E-state index is 12.6. The number of amides is 1. The summed E-state index contributed by atoms with van der Waals surface area (Å²) in [6.45, 7) is 2.75. The summed E-state index contributed by atoms with van der Waals surface area (Å²) in [5.74, 6) is 0.193. The molecule has 2 rings (SSSR count). The zero-order valence-electron chi connectivity index (χ0n) is 12.4. The van der Waals surface area contributed by atoms with E-state index in [0.29, 0.717) is 24.6 Å². The van der Waals surface area contributed by atoms with Crippen LogP contribution < -0.4 is 4.74 Å².